The Morgan fingerprint density at radius 3 is 2.88 bits per heavy atom. The lowest BCUT2D eigenvalue weighted by Gasteiger charge is -2.04. The van der Waals surface area contributed by atoms with Crippen molar-refractivity contribution in [3.05, 3.63) is 48.3 Å². The van der Waals surface area contributed by atoms with E-state index in [1.165, 1.54) is 12.4 Å². The predicted molar refractivity (Wildman–Crippen MR) is 57.5 cm³/mol. The van der Waals surface area contributed by atoms with Gasteiger partial charge in [0.15, 0.2) is 0 Å². The highest BCUT2D eigenvalue weighted by molar-refractivity contribution is 5.33. The average molecular weight is 221 g/mol. The van der Waals surface area contributed by atoms with Crippen molar-refractivity contribution in [3.8, 4) is 5.69 Å². The molecule has 0 radical (unpaired) electrons. The highest BCUT2D eigenvalue weighted by atomic mass is 19.1. The molecule has 0 spiro atoms. The molecule has 0 aliphatic carbocycles. The number of aliphatic hydroxyl groups is 1. The van der Waals surface area contributed by atoms with E-state index in [0.717, 1.165) is 0 Å². The van der Waals surface area contributed by atoms with E-state index >= 15 is 0 Å². The summed E-state index contributed by atoms with van der Waals surface area (Å²) in [5.41, 5.74) is 6.55. The summed E-state index contributed by atoms with van der Waals surface area (Å²) >= 11 is 0. The predicted octanol–water partition coefficient (Wildman–Crippen LogP) is 1.00. The highest BCUT2D eigenvalue weighted by Gasteiger charge is 2.10. The van der Waals surface area contributed by atoms with Crippen LogP contribution in [0.25, 0.3) is 5.69 Å². The molecule has 16 heavy (non-hydrogen) atoms. The van der Waals surface area contributed by atoms with E-state index in [4.69, 9.17) is 10.8 Å². The molecule has 2 aromatic rings. The van der Waals surface area contributed by atoms with Gasteiger partial charge in [-0.3, -0.25) is 0 Å². The van der Waals surface area contributed by atoms with Crippen LogP contribution in [0, 0.1) is 5.82 Å². The third kappa shape index (κ3) is 1.95. The molecule has 0 fully saturated rings. The molecular formula is C11H12FN3O. The Morgan fingerprint density at radius 1 is 1.44 bits per heavy atom. The first-order valence-corrected chi connectivity index (χ1v) is 4.87. The van der Waals surface area contributed by atoms with Crippen molar-refractivity contribution in [1.82, 2.24) is 9.55 Å². The minimum absolute atomic E-state index is 0.186. The van der Waals surface area contributed by atoms with E-state index in [0.29, 0.717) is 11.4 Å². The van der Waals surface area contributed by atoms with Gasteiger partial charge in [0, 0.05) is 6.20 Å². The molecule has 0 saturated carbocycles. The number of para-hydroxylation sites is 1. The molecule has 5 heteroatoms. The van der Waals surface area contributed by atoms with Crippen LogP contribution in [0.1, 0.15) is 11.7 Å². The molecule has 0 saturated heterocycles. The Labute approximate surface area is 92.2 Å². The minimum atomic E-state index is -0.534. The van der Waals surface area contributed by atoms with Crippen molar-refractivity contribution < 1.29 is 9.50 Å². The van der Waals surface area contributed by atoms with Gasteiger partial charge in [-0.1, -0.05) is 12.1 Å². The number of hydrogen-bond acceptors (Lipinski definition) is 3. The summed E-state index contributed by atoms with van der Waals surface area (Å²) in [5.74, 6) is -0.330. The number of rotatable bonds is 3. The molecule has 3 N–H and O–H groups in total. The topological polar surface area (TPSA) is 64.1 Å². The second-order valence-corrected chi connectivity index (χ2v) is 3.45. The zero-order valence-corrected chi connectivity index (χ0v) is 8.55. The van der Waals surface area contributed by atoms with Crippen LogP contribution < -0.4 is 5.73 Å². The van der Waals surface area contributed by atoms with Gasteiger partial charge >= 0.3 is 0 Å². The van der Waals surface area contributed by atoms with Gasteiger partial charge < -0.3 is 15.4 Å². The number of halogens is 1. The van der Waals surface area contributed by atoms with Crippen molar-refractivity contribution in [2.24, 2.45) is 5.73 Å². The molecule has 0 aliphatic heterocycles. The quantitative estimate of drug-likeness (QED) is 0.812. The molecule has 1 aromatic heterocycles. The van der Waals surface area contributed by atoms with E-state index in [1.807, 2.05) is 0 Å². The Kier molecular flexibility index (Phi) is 2.98. The van der Waals surface area contributed by atoms with Crippen LogP contribution >= 0.6 is 0 Å². The lowest BCUT2D eigenvalue weighted by Crippen LogP contribution is -2.14. The van der Waals surface area contributed by atoms with Crippen LogP contribution in [0.5, 0.6) is 0 Å². The smallest absolute Gasteiger partial charge is 0.147 e. The maximum atomic E-state index is 13.4. The maximum Gasteiger partial charge on any atom is 0.147 e. The fourth-order valence-electron chi connectivity index (χ4n) is 1.42. The van der Waals surface area contributed by atoms with Crippen LogP contribution in [-0.2, 0) is 0 Å². The summed E-state index contributed by atoms with van der Waals surface area (Å²) in [6.07, 6.45) is 3.09. The summed E-state index contributed by atoms with van der Waals surface area (Å²) in [6, 6.07) is 5.85. The average Bonchev–Trinajstić information content (AvgIpc) is 2.78. The number of nitrogens with two attached hydrogens (primary N) is 1. The normalized spacial score (nSPS) is 12.7. The van der Waals surface area contributed by atoms with E-state index in [2.05, 4.69) is 4.98 Å². The molecule has 1 unspecified atom stereocenters. The molecule has 0 aliphatic rings. The first kappa shape index (κ1) is 10.8. The lowest BCUT2D eigenvalue weighted by atomic mass is 10.2. The first-order chi connectivity index (χ1) is 7.72. The summed E-state index contributed by atoms with van der Waals surface area (Å²) in [5, 5.41) is 8.87. The largest absolute Gasteiger partial charge is 0.394 e. The van der Waals surface area contributed by atoms with E-state index in [9.17, 15) is 4.39 Å². The SMILES string of the molecule is NC(CO)c1cn(-c2ccccc2F)cn1. The van der Waals surface area contributed by atoms with Crippen molar-refractivity contribution in [1.29, 1.82) is 0 Å². The van der Waals surface area contributed by atoms with Gasteiger partial charge in [0.1, 0.15) is 5.82 Å². The highest BCUT2D eigenvalue weighted by Crippen LogP contribution is 2.15. The second-order valence-electron chi connectivity index (χ2n) is 3.45. The minimum Gasteiger partial charge on any atom is -0.394 e. The van der Waals surface area contributed by atoms with Gasteiger partial charge in [-0.05, 0) is 12.1 Å². The third-order valence-electron chi connectivity index (χ3n) is 2.31. The molecule has 0 bridgehead atoms. The summed E-state index contributed by atoms with van der Waals surface area (Å²) < 4.78 is 15.0. The molecule has 0 amide bonds. The van der Waals surface area contributed by atoms with Crippen LogP contribution in [0.2, 0.25) is 0 Å². The Morgan fingerprint density at radius 2 is 2.19 bits per heavy atom. The third-order valence-corrected chi connectivity index (χ3v) is 2.31. The first-order valence-electron chi connectivity index (χ1n) is 4.87. The lowest BCUT2D eigenvalue weighted by molar-refractivity contribution is 0.266. The Balaban J connectivity index is 2.35. The number of aromatic nitrogens is 2. The van der Waals surface area contributed by atoms with Crippen molar-refractivity contribution in [2.75, 3.05) is 6.61 Å². The number of aliphatic hydroxyl groups excluding tert-OH is 1. The molecule has 1 heterocycles. The summed E-state index contributed by atoms with van der Waals surface area (Å²) in [4.78, 5) is 4.02. The van der Waals surface area contributed by atoms with E-state index in [1.54, 1.807) is 29.0 Å². The maximum absolute atomic E-state index is 13.4. The van der Waals surface area contributed by atoms with Crippen LogP contribution in [0.4, 0.5) is 4.39 Å². The number of benzene rings is 1. The van der Waals surface area contributed by atoms with Crippen molar-refractivity contribution >= 4 is 0 Å². The van der Waals surface area contributed by atoms with Gasteiger partial charge in [0.2, 0.25) is 0 Å². The van der Waals surface area contributed by atoms with E-state index < -0.39 is 6.04 Å². The zero-order valence-electron chi connectivity index (χ0n) is 8.55. The molecule has 84 valence electrons. The van der Waals surface area contributed by atoms with Gasteiger partial charge in [-0.25, -0.2) is 9.37 Å². The van der Waals surface area contributed by atoms with Gasteiger partial charge in [-0.2, -0.15) is 0 Å². The molecular weight excluding hydrogens is 209 g/mol. The molecule has 4 nitrogen and oxygen atoms in total. The molecule has 2 rings (SSSR count). The molecule has 1 atom stereocenters. The van der Waals surface area contributed by atoms with Gasteiger partial charge in [0.25, 0.3) is 0 Å². The standard InChI is InChI=1S/C11H12FN3O/c12-8-3-1-2-4-11(8)15-5-10(14-7-15)9(13)6-16/h1-5,7,9,16H,6,13H2. The van der Waals surface area contributed by atoms with Crippen LogP contribution in [0.3, 0.4) is 0 Å². The van der Waals surface area contributed by atoms with Crippen molar-refractivity contribution in [3.63, 3.8) is 0 Å². The summed E-state index contributed by atoms with van der Waals surface area (Å²) in [7, 11) is 0. The second kappa shape index (κ2) is 4.42. The van der Waals surface area contributed by atoms with Crippen molar-refractivity contribution in [2.45, 2.75) is 6.04 Å². The Bertz CT molecular complexity index is 484. The fourth-order valence-corrected chi connectivity index (χ4v) is 1.42. The molecule has 1 aromatic carbocycles. The number of hydrogen-bond donors (Lipinski definition) is 2. The van der Waals surface area contributed by atoms with Crippen LogP contribution in [-0.4, -0.2) is 21.3 Å². The van der Waals surface area contributed by atoms with Gasteiger partial charge in [-0.15, -0.1) is 0 Å². The fraction of sp³-hybridized carbons (Fsp3) is 0.182. The number of imidazole rings is 1. The van der Waals surface area contributed by atoms with Crippen LogP contribution in [0.15, 0.2) is 36.8 Å². The zero-order chi connectivity index (χ0) is 11.5. The number of nitrogens with zero attached hydrogens (tertiary/aromatic N) is 2. The summed E-state index contributed by atoms with van der Waals surface area (Å²) in [6.45, 7) is -0.186. The van der Waals surface area contributed by atoms with E-state index in [-0.39, 0.29) is 12.4 Å². The monoisotopic (exact) mass is 221 g/mol. The Hall–Kier alpha value is -1.72. The van der Waals surface area contributed by atoms with Gasteiger partial charge in [0.05, 0.1) is 30.4 Å².